The highest BCUT2D eigenvalue weighted by Crippen LogP contribution is 2.23. The highest BCUT2D eigenvalue weighted by molar-refractivity contribution is 5.94. The van der Waals surface area contributed by atoms with Crippen LogP contribution in [-0.2, 0) is 10.2 Å². The van der Waals surface area contributed by atoms with Crippen molar-refractivity contribution < 1.29 is 9.47 Å². The third-order valence-electron chi connectivity index (χ3n) is 3.65. The molecule has 3 nitrogen and oxygen atoms in total. The Morgan fingerprint density at radius 2 is 1.43 bits per heavy atom. The Bertz CT molecular complexity index is 692. The quantitative estimate of drug-likeness (QED) is 0.490. The van der Waals surface area contributed by atoms with Gasteiger partial charge < -0.3 is 9.47 Å². The van der Waals surface area contributed by atoms with Gasteiger partial charge in [-0.15, -0.1) is 0 Å². The third kappa shape index (κ3) is 4.22. The topological polar surface area (TPSA) is 42.3 Å². The van der Waals surface area contributed by atoms with Crippen LogP contribution in [0.25, 0.3) is 5.76 Å². The first kappa shape index (κ1) is 16.8. The van der Waals surface area contributed by atoms with E-state index in [2.05, 4.69) is 27.4 Å². The van der Waals surface area contributed by atoms with E-state index in [1.807, 2.05) is 48.5 Å². The second-order valence-electron chi connectivity index (χ2n) is 6.41. The van der Waals surface area contributed by atoms with Gasteiger partial charge in [0.1, 0.15) is 11.5 Å². The largest absolute Gasteiger partial charge is 0.497 e. The van der Waals surface area contributed by atoms with Crippen molar-refractivity contribution in [3.05, 3.63) is 71.8 Å². The van der Waals surface area contributed by atoms with Crippen molar-refractivity contribution in [2.75, 3.05) is 7.11 Å². The number of methoxy groups -OCH3 is 1. The maximum atomic E-state index is 8.11. The minimum Gasteiger partial charge on any atom is -0.497 e. The Morgan fingerprint density at radius 3 is 1.91 bits per heavy atom. The Kier molecular flexibility index (Phi) is 4.89. The number of ether oxygens (including phenoxy) is 2. The monoisotopic (exact) mass is 309 g/mol. The average molecular weight is 309 g/mol. The summed E-state index contributed by atoms with van der Waals surface area (Å²) in [7, 11) is 1.62. The first-order valence-electron chi connectivity index (χ1n) is 7.52. The Hall–Kier alpha value is -2.55. The van der Waals surface area contributed by atoms with E-state index >= 15 is 0 Å². The number of rotatable bonds is 4. The molecule has 0 radical (unpaired) electrons. The summed E-state index contributed by atoms with van der Waals surface area (Å²) in [6.45, 7) is 10.4. The Labute approximate surface area is 138 Å². The van der Waals surface area contributed by atoms with E-state index in [1.165, 1.54) is 5.56 Å². The summed E-state index contributed by atoms with van der Waals surface area (Å²) < 4.78 is 10.7. The molecule has 0 amide bonds. The van der Waals surface area contributed by atoms with Crippen LogP contribution in [0.5, 0.6) is 5.75 Å². The molecule has 2 aromatic rings. The number of hydrogen-bond donors (Lipinski definition) is 1. The second kappa shape index (κ2) is 6.69. The van der Waals surface area contributed by atoms with Crippen molar-refractivity contribution in [2.24, 2.45) is 0 Å². The maximum absolute atomic E-state index is 8.11. The van der Waals surface area contributed by atoms with Crippen LogP contribution in [0.15, 0.2) is 55.1 Å². The second-order valence-corrected chi connectivity index (χ2v) is 6.41. The molecule has 0 aromatic heterocycles. The highest BCUT2D eigenvalue weighted by Gasteiger charge is 2.14. The molecule has 0 aliphatic heterocycles. The predicted octanol–water partition coefficient (Wildman–Crippen LogP) is 5.01. The summed E-state index contributed by atoms with van der Waals surface area (Å²) in [6, 6.07) is 15.3. The lowest BCUT2D eigenvalue weighted by Crippen LogP contribution is -2.11. The normalized spacial score (nSPS) is 11.0. The zero-order valence-electron chi connectivity index (χ0n) is 14.1. The van der Waals surface area contributed by atoms with E-state index in [1.54, 1.807) is 7.11 Å². The Balaban J connectivity index is 2.07. The molecular weight excluding hydrogens is 286 g/mol. The average Bonchev–Trinajstić information content (AvgIpc) is 2.54. The van der Waals surface area contributed by atoms with Gasteiger partial charge in [-0.25, -0.2) is 0 Å². The van der Waals surface area contributed by atoms with Crippen molar-refractivity contribution in [3.8, 4) is 5.75 Å². The van der Waals surface area contributed by atoms with Gasteiger partial charge >= 0.3 is 0 Å². The lowest BCUT2D eigenvalue weighted by Gasteiger charge is -2.19. The summed E-state index contributed by atoms with van der Waals surface area (Å²) in [5, 5.41) is 8.11. The molecule has 120 valence electrons. The minimum absolute atomic E-state index is 0.0891. The highest BCUT2D eigenvalue weighted by atomic mass is 16.5. The molecule has 0 spiro atoms. The molecule has 0 heterocycles. The standard InChI is InChI=1S/C20H23NO2/c1-14(15-8-12-18(22-5)13-9-15)23-19(21)16-6-10-17(11-7-16)20(2,3)4/h6-13,21H,1H2,2-5H3. The molecule has 0 aliphatic carbocycles. The van der Waals surface area contributed by atoms with E-state index < -0.39 is 0 Å². The van der Waals surface area contributed by atoms with Crippen LogP contribution in [0.3, 0.4) is 0 Å². The first-order chi connectivity index (χ1) is 10.8. The molecule has 0 aliphatic rings. The predicted molar refractivity (Wildman–Crippen MR) is 95.1 cm³/mol. The molecule has 0 atom stereocenters. The van der Waals surface area contributed by atoms with Gasteiger partial charge in [-0.2, -0.15) is 0 Å². The van der Waals surface area contributed by atoms with Crippen LogP contribution in [-0.4, -0.2) is 13.0 Å². The van der Waals surface area contributed by atoms with Gasteiger partial charge in [0.25, 0.3) is 0 Å². The van der Waals surface area contributed by atoms with E-state index in [-0.39, 0.29) is 11.3 Å². The van der Waals surface area contributed by atoms with E-state index in [0.717, 1.165) is 16.9 Å². The van der Waals surface area contributed by atoms with Crippen LogP contribution in [0, 0.1) is 5.41 Å². The molecular formula is C20H23NO2. The zero-order chi connectivity index (χ0) is 17.0. The minimum atomic E-state index is 0.0891. The van der Waals surface area contributed by atoms with Gasteiger partial charge in [0.2, 0.25) is 5.90 Å². The number of hydrogen-bond acceptors (Lipinski definition) is 3. The lowest BCUT2D eigenvalue weighted by molar-refractivity contribution is 0.414. The van der Waals surface area contributed by atoms with Gasteiger partial charge in [-0.05, 0) is 47.4 Å². The van der Waals surface area contributed by atoms with E-state index in [0.29, 0.717) is 5.76 Å². The fourth-order valence-corrected chi connectivity index (χ4v) is 2.14. The first-order valence-corrected chi connectivity index (χ1v) is 7.52. The van der Waals surface area contributed by atoms with Crippen molar-refractivity contribution in [3.63, 3.8) is 0 Å². The van der Waals surface area contributed by atoms with Gasteiger partial charge in [0.15, 0.2) is 0 Å². The zero-order valence-corrected chi connectivity index (χ0v) is 14.1. The SMILES string of the molecule is C=C(OC(=N)c1ccc(C(C)(C)C)cc1)c1ccc(OC)cc1. The summed E-state index contributed by atoms with van der Waals surface area (Å²) in [4.78, 5) is 0. The van der Waals surface area contributed by atoms with Crippen molar-refractivity contribution in [1.82, 2.24) is 0 Å². The van der Waals surface area contributed by atoms with Crippen LogP contribution in [0.2, 0.25) is 0 Å². The number of nitrogens with one attached hydrogen (secondary N) is 1. The molecule has 0 saturated heterocycles. The number of benzene rings is 2. The molecule has 2 rings (SSSR count). The molecule has 0 saturated carbocycles. The van der Waals surface area contributed by atoms with E-state index in [9.17, 15) is 0 Å². The van der Waals surface area contributed by atoms with Crippen LogP contribution in [0.4, 0.5) is 0 Å². The smallest absolute Gasteiger partial charge is 0.219 e. The summed E-state index contributed by atoms with van der Waals surface area (Å²) in [5.74, 6) is 1.30. The van der Waals surface area contributed by atoms with Crippen molar-refractivity contribution in [2.45, 2.75) is 26.2 Å². The molecule has 1 N–H and O–H groups in total. The summed E-state index contributed by atoms with van der Waals surface area (Å²) >= 11 is 0. The van der Waals surface area contributed by atoms with Gasteiger partial charge in [0, 0.05) is 11.1 Å². The van der Waals surface area contributed by atoms with Gasteiger partial charge in [-0.3, -0.25) is 5.41 Å². The van der Waals surface area contributed by atoms with Crippen molar-refractivity contribution >= 4 is 11.7 Å². The molecule has 2 aromatic carbocycles. The van der Waals surface area contributed by atoms with Crippen LogP contribution >= 0.6 is 0 Å². The van der Waals surface area contributed by atoms with Gasteiger partial charge in [0.05, 0.1) is 7.11 Å². The lowest BCUT2D eigenvalue weighted by atomic mass is 9.87. The Morgan fingerprint density at radius 1 is 0.913 bits per heavy atom. The molecule has 3 heteroatoms. The van der Waals surface area contributed by atoms with E-state index in [4.69, 9.17) is 14.9 Å². The molecule has 0 bridgehead atoms. The fourth-order valence-electron chi connectivity index (χ4n) is 2.14. The third-order valence-corrected chi connectivity index (χ3v) is 3.65. The molecule has 0 unspecified atom stereocenters. The maximum Gasteiger partial charge on any atom is 0.219 e. The summed E-state index contributed by atoms with van der Waals surface area (Å²) in [6.07, 6.45) is 0. The van der Waals surface area contributed by atoms with Crippen LogP contribution in [0.1, 0.15) is 37.5 Å². The summed E-state index contributed by atoms with van der Waals surface area (Å²) in [5.41, 5.74) is 2.87. The molecule has 23 heavy (non-hydrogen) atoms. The van der Waals surface area contributed by atoms with Crippen molar-refractivity contribution in [1.29, 1.82) is 5.41 Å². The fraction of sp³-hybridized carbons (Fsp3) is 0.250. The van der Waals surface area contributed by atoms with Crippen LogP contribution < -0.4 is 4.74 Å². The van der Waals surface area contributed by atoms with Gasteiger partial charge in [-0.1, -0.05) is 39.5 Å². The molecule has 0 fully saturated rings.